The molecule has 2 aromatic heterocycles. The van der Waals surface area contributed by atoms with Crippen LogP contribution in [0.25, 0.3) is 21.1 Å². The number of nitrogens with zero attached hydrogens (tertiary/aromatic N) is 3. The van der Waals surface area contributed by atoms with Crippen LogP contribution in [0.4, 0.5) is 0 Å². The van der Waals surface area contributed by atoms with Crippen LogP contribution in [0.15, 0.2) is 88.8 Å². The SMILES string of the molecule is O=c1c2ccccc2nc(SCc2nc3ccccc3s2)n1Cc1ccccc1. The highest BCUT2D eigenvalue weighted by Gasteiger charge is 2.13. The van der Waals surface area contributed by atoms with Crippen molar-refractivity contribution in [3.8, 4) is 0 Å². The van der Waals surface area contributed by atoms with Crippen molar-refractivity contribution in [2.24, 2.45) is 0 Å². The number of thioether (sulfide) groups is 1. The monoisotopic (exact) mass is 415 g/mol. The average molecular weight is 416 g/mol. The number of hydrogen-bond donors (Lipinski definition) is 0. The molecular weight excluding hydrogens is 398 g/mol. The molecule has 0 radical (unpaired) electrons. The summed E-state index contributed by atoms with van der Waals surface area (Å²) in [7, 11) is 0. The molecule has 0 aliphatic rings. The molecule has 0 unspecified atom stereocenters. The van der Waals surface area contributed by atoms with E-state index in [1.54, 1.807) is 27.7 Å². The summed E-state index contributed by atoms with van der Waals surface area (Å²) in [5, 5.41) is 2.40. The van der Waals surface area contributed by atoms with Crippen molar-refractivity contribution in [1.82, 2.24) is 14.5 Å². The van der Waals surface area contributed by atoms with Crippen LogP contribution < -0.4 is 5.56 Å². The van der Waals surface area contributed by atoms with Crippen LogP contribution in [0.1, 0.15) is 10.6 Å². The largest absolute Gasteiger partial charge is 0.283 e. The van der Waals surface area contributed by atoms with Gasteiger partial charge in [-0.2, -0.15) is 0 Å². The molecule has 0 fully saturated rings. The van der Waals surface area contributed by atoms with Crippen LogP contribution in [0.2, 0.25) is 0 Å². The zero-order valence-corrected chi connectivity index (χ0v) is 17.1. The Kier molecular flexibility index (Phi) is 4.87. The Balaban J connectivity index is 1.53. The summed E-state index contributed by atoms with van der Waals surface area (Å²) >= 11 is 3.25. The molecule has 0 spiro atoms. The van der Waals surface area contributed by atoms with Crippen LogP contribution >= 0.6 is 23.1 Å². The fraction of sp³-hybridized carbons (Fsp3) is 0.0870. The van der Waals surface area contributed by atoms with Gasteiger partial charge in [0, 0.05) is 0 Å². The lowest BCUT2D eigenvalue weighted by Gasteiger charge is -2.13. The lowest BCUT2D eigenvalue weighted by atomic mass is 10.2. The Morgan fingerprint density at radius 1 is 0.828 bits per heavy atom. The van der Waals surface area contributed by atoms with E-state index in [0.717, 1.165) is 26.8 Å². The average Bonchev–Trinajstić information content (AvgIpc) is 3.18. The summed E-state index contributed by atoms with van der Waals surface area (Å²) in [6.07, 6.45) is 0. The van der Waals surface area contributed by atoms with E-state index in [1.165, 1.54) is 4.70 Å². The first kappa shape index (κ1) is 18.1. The zero-order valence-electron chi connectivity index (χ0n) is 15.5. The fourth-order valence-corrected chi connectivity index (χ4v) is 5.23. The van der Waals surface area contributed by atoms with Gasteiger partial charge in [0.25, 0.3) is 5.56 Å². The predicted molar refractivity (Wildman–Crippen MR) is 121 cm³/mol. The molecule has 0 atom stereocenters. The molecule has 0 bridgehead atoms. The fourth-order valence-electron chi connectivity index (χ4n) is 3.27. The van der Waals surface area contributed by atoms with Gasteiger partial charge in [-0.05, 0) is 29.8 Å². The normalized spacial score (nSPS) is 11.3. The molecule has 0 saturated carbocycles. The number of hydrogen-bond acceptors (Lipinski definition) is 5. The summed E-state index contributed by atoms with van der Waals surface area (Å²) in [6.45, 7) is 0.500. The summed E-state index contributed by atoms with van der Waals surface area (Å²) in [4.78, 5) is 22.7. The molecule has 29 heavy (non-hydrogen) atoms. The number of aromatic nitrogens is 3. The third-order valence-corrected chi connectivity index (χ3v) is 6.88. The molecule has 6 heteroatoms. The van der Waals surface area contributed by atoms with Gasteiger partial charge in [0.1, 0.15) is 5.01 Å². The Bertz CT molecular complexity index is 1330. The van der Waals surface area contributed by atoms with Crippen molar-refractivity contribution in [2.45, 2.75) is 17.5 Å². The van der Waals surface area contributed by atoms with E-state index in [2.05, 4.69) is 6.07 Å². The van der Waals surface area contributed by atoms with Gasteiger partial charge in [0.2, 0.25) is 0 Å². The van der Waals surface area contributed by atoms with Gasteiger partial charge in [-0.25, -0.2) is 9.97 Å². The zero-order chi connectivity index (χ0) is 19.6. The molecule has 5 aromatic rings. The van der Waals surface area contributed by atoms with Crippen molar-refractivity contribution >= 4 is 44.2 Å². The third kappa shape index (κ3) is 3.69. The Hall–Kier alpha value is -2.96. The van der Waals surface area contributed by atoms with Crippen molar-refractivity contribution in [3.63, 3.8) is 0 Å². The van der Waals surface area contributed by atoms with E-state index in [-0.39, 0.29) is 5.56 Å². The molecule has 0 aliphatic carbocycles. The minimum Gasteiger partial charge on any atom is -0.283 e. The first-order valence-electron chi connectivity index (χ1n) is 9.29. The molecular formula is C23H17N3OS2. The topological polar surface area (TPSA) is 47.8 Å². The van der Waals surface area contributed by atoms with Crippen LogP contribution in [0, 0.1) is 0 Å². The molecule has 2 heterocycles. The quantitative estimate of drug-likeness (QED) is 0.287. The second-order valence-electron chi connectivity index (χ2n) is 6.65. The number of fused-ring (bicyclic) bond motifs is 2. The van der Waals surface area contributed by atoms with Crippen molar-refractivity contribution < 1.29 is 0 Å². The second kappa shape index (κ2) is 7.81. The van der Waals surface area contributed by atoms with Crippen molar-refractivity contribution in [3.05, 3.63) is 99.8 Å². The summed E-state index contributed by atoms with van der Waals surface area (Å²) in [6, 6.07) is 25.7. The third-order valence-electron chi connectivity index (χ3n) is 4.67. The van der Waals surface area contributed by atoms with Crippen LogP contribution in [-0.2, 0) is 12.3 Å². The summed E-state index contributed by atoms with van der Waals surface area (Å²) < 4.78 is 2.95. The molecule has 5 rings (SSSR count). The lowest BCUT2D eigenvalue weighted by molar-refractivity contribution is 0.658. The molecule has 3 aromatic carbocycles. The smallest absolute Gasteiger partial charge is 0.262 e. The van der Waals surface area contributed by atoms with Crippen molar-refractivity contribution in [2.75, 3.05) is 0 Å². The van der Waals surface area contributed by atoms with E-state index in [4.69, 9.17) is 9.97 Å². The number of rotatable bonds is 5. The van der Waals surface area contributed by atoms with Crippen molar-refractivity contribution in [1.29, 1.82) is 0 Å². The van der Waals surface area contributed by atoms with E-state index < -0.39 is 0 Å². The maximum absolute atomic E-state index is 13.2. The second-order valence-corrected chi connectivity index (χ2v) is 8.71. The lowest BCUT2D eigenvalue weighted by Crippen LogP contribution is -2.24. The van der Waals surface area contributed by atoms with Gasteiger partial charge < -0.3 is 0 Å². The maximum Gasteiger partial charge on any atom is 0.262 e. The van der Waals surface area contributed by atoms with E-state index in [0.29, 0.717) is 17.7 Å². The standard InChI is InChI=1S/C23H17N3OS2/c27-22-17-10-4-5-11-18(17)25-23(26(22)14-16-8-2-1-3-9-16)28-15-21-24-19-12-6-7-13-20(19)29-21/h1-13H,14-15H2. The molecule has 0 amide bonds. The molecule has 142 valence electrons. The highest BCUT2D eigenvalue weighted by molar-refractivity contribution is 7.98. The van der Waals surface area contributed by atoms with Crippen LogP contribution in [-0.4, -0.2) is 14.5 Å². The number of para-hydroxylation sites is 2. The Labute approximate surface area is 175 Å². The molecule has 4 nitrogen and oxygen atoms in total. The minimum absolute atomic E-state index is 0.00810. The van der Waals surface area contributed by atoms with Gasteiger partial charge in [-0.1, -0.05) is 66.4 Å². The molecule has 0 saturated heterocycles. The highest BCUT2D eigenvalue weighted by Crippen LogP contribution is 2.28. The number of thiazole rings is 1. The van der Waals surface area contributed by atoms with E-state index in [9.17, 15) is 4.79 Å². The van der Waals surface area contributed by atoms with Gasteiger partial charge >= 0.3 is 0 Å². The summed E-state index contributed by atoms with van der Waals surface area (Å²) in [5.74, 6) is 0.679. The van der Waals surface area contributed by atoms with Gasteiger partial charge in [0.15, 0.2) is 5.16 Å². The van der Waals surface area contributed by atoms with E-state index in [1.807, 2.05) is 72.8 Å². The Morgan fingerprint density at radius 3 is 2.38 bits per heavy atom. The summed E-state index contributed by atoms with van der Waals surface area (Å²) in [5.41, 5.74) is 2.81. The van der Waals surface area contributed by atoms with Gasteiger partial charge in [-0.3, -0.25) is 9.36 Å². The maximum atomic E-state index is 13.2. The van der Waals surface area contributed by atoms with Gasteiger partial charge in [-0.15, -0.1) is 11.3 Å². The van der Waals surface area contributed by atoms with Gasteiger partial charge in [0.05, 0.1) is 33.4 Å². The first-order valence-corrected chi connectivity index (χ1v) is 11.1. The molecule has 0 N–H and O–H groups in total. The number of benzene rings is 3. The van der Waals surface area contributed by atoms with Crippen LogP contribution in [0.3, 0.4) is 0 Å². The minimum atomic E-state index is -0.00810. The Morgan fingerprint density at radius 2 is 1.55 bits per heavy atom. The molecule has 0 aliphatic heterocycles. The van der Waals surface area contributed by atoms with Crippen LogP contribution in [0.5, 0.6) is 0 Å². The van der Waals surface area contributed by atoms with E-state index >= 15 is 0 Å². The predicted octanol–water partition coefficient (Wildman–Crippen LogP) is 5.35. The first-order chi connectivity index (χ1) is 14.3. The highest BCUT2D eigenvalue weighted by atomic mass is 32.2.